The molecule has 80 valence electrons. The Balaban J connectivity index is 2.20. The molecular weight excluding hydrogens is 176 g/mol. The highest BCUT2D eigenvalue weighted by atomic mass is 15.3. The molecule has 1 aromatic heterocycles. The zero-order chi connectivity index (χ0) is 10.4. The minimum atomic E-state index is 0.233. The SMILES string of the molecule is CCCCC(N)CNc1ccn(C)n1. The summed E-state index contributed by atoms with van der Waals surface area (Å²) in [5.74, 6) is 0.902. The summed E-state index contributed by atoms with van der Waals surface area (Å²) >= 11 is 0. The third kappa shape index (κ3) is 3.79. The molecule has 1 heterocycles. The first-order chi connectivity index (χ1) is 6.72. The lowest BCUT2D eigenvalue weighted by atomic mass is 10.1. The lowest BCUT2D eigenvalue weighted by Gasteiger charge is -2.11. The molecule has 0 aromatic carbocycles. The van der Waals surface area contributed by atoms with Crippen molar-refractivity contribution in [3.8, 4) is 0 Å². The predicted molar refractivity (Wildman–Crippen MR) is 59.2 cm³/mol. The van der Waals surface area contributed by atoms with Gasteiger partial charge >= 0.3 is 0 Å². The topological polar surface area (TPSA) is 55.9 Å². The molecule has 0 amide bonds. The minimum absolute atomic E-state index is 0.233. The first kappa shape index (κ1) is 11.0. The van der Waals surface area contributed by atoms with E-state index in [1.165, 1.54) is 12.8 Å². The van der Waals surface area contributed by atoms with Crippen LogP contribution in [0.5, 0.6) is 0 Å². The van der Waals surface area contributed by atoms with Crippen molar-refractivity contribution in [2.45, 2.75) is 32.2 Å². The molecule has 0 aliphatic carbocycles. The molecule has 0 aliphatic rings. The predicted octanol–water partition coefficient (Wildman–Crippen LogP) is 1.35. The smallest absolute Gasteiger partial charge is 0.148 e. The molecule has 0 aliphatic heterocycles. The van der Waals surface area contributed by atoms with Gasteiger partial charge in [-0.3, -0.25) is 4.68 Å². The third-order valence-electron chi connectivity index (χ3n) is 2.19. The van der Waals surface area contributed by atoms with E-state index in [0.29, 0.717) is 0 Å². The van der Waals surface area contributed by atoms with E-state index in [-0.39, 0.29) is 6.04 Å². The second-order valence-corrected chi connectivity index (χ2v) is 3.66. The molecule has 1 rings (SSSR count). The van der Waals surface area contributed by atoms with Crippen LogP contribution in [0.3, 0.4) is 0 Å². The lowest BCUT2D eigenvalue weighted by Crippen LogP contribution is -2.29. The van der Waals surface area contributed by atoms with E-state index in [1.807, 2.05) is 19.3 Å². The Hall–Kier alpha value is -1.03. The van der Waals surface area contributed by atoms with E-state index < -0.39 is 0 Å². The van der Waals surface area contributed by atoms with Crippen LogP contribution in [0, 0.1) is 0 Å². The fourth-order valence-electron chi connectivity index (χ4n) is 1.31. The van der Waals surface area contributed by atoms with Crippen LogP contribution in [0.2, 0.25) is 0 Å². The molecule has 0 radical (unpaired) electrons. The van der Waals surface area contributed by atoms with Crippen molar-refractivity contribution in [3.05, 3.63) is 12.3 Å². The molecule has 0 saturated carbocycles. The van der Waals surface area contributed by atoms with Crippen molar-refractivity contribution in [1.82, 2.24) is 9.78 Å². The molecule has 0 bridgehead atoms. The van der Waals surface area contributed by atoms with Gasteiger partial charge in [-0.05, 0) is 6.42 Å². The van der Waals surface area contributed by atoms with Crippen molar-refractivity contribution in [3.63, 3.8) is 0 Å². The molecule has 1 aromatic rings. The standard InChI is InChI=1S/C10H20N4/c1-3-4-5-9(11)8-12-10-6-7-14(2)13-10/h6-7,9H,3-5,8,11H2,1-2H3,(H,12,13). The van der Waals surface area contributed by atoms with E-state index in [2.05, 4.69) is 17.3 Å². The van der Waals surface area contributed by atoms with Crippen molar-refractivity contribution < 1.29 is 0 Å². The monoisotopic (exact) mass is 196 g/mol. The molecule has 0 saturated heterocycles. The van der Waals surface area contributed by atoms with Crippen molar-refractivity contribution in [2.24, 2.45) is 12.8 Å². The summed E-state index contributed by atoms with van der Waals surface area (Å²) in [6.45, 7) is 2.98. The lowest BCUT2D eigenvalue weighted by molar-refractivity contribution is 0.594. The van der Waals surface area contributed by atoms with Crippen LogP contribution in [0.25, 0.3) is 0 Å². The number of aryl methyl sites for hydroxylation is 1. The average molecular weight is 196 g/mol. The number of hydrogen-bond acceptors (Lipinski definition) is 3. The van der Waals surface area contributed by atoms with Crippen LogP contribution in [0.15, 0.2) is 12.3 Å². The summed E-state index contributed by atoms with van der Waals surface area (Å²) in [5, 5.41) is 7.43. The summed E-state index contributed by atoms with van der Waals surface area (Å²) in [6.07, 6.45) is 5.40. The van der Waals surface area contributed by atoms with Crippen molar-refractivity contribution in [1.29, 1.82) is 0 Å². The van der Waals surface area contributed by atoms with Gasteiger partial charge in [0.2, 0.25) is 0 Å². The van der Waals surface area contributed by atoms with E-state index in [1.54, 1.807) is 4.68 Å². The van der Waals surface area contributed by atoms with Gasteiger partial charge in [-0.25, -0.2) is 0 Å². The Morgan fingerprint density at radius 3 is 3.00 bits per heavy atom. The Kier molecular flexibility index (Phi) is 4.46. The number of nitrogens with one attached hydrogen (secondary N) is 1. The Bertz CT molecular complexity index is 256. The molecule has 4 nitrogen and oxygen atoms in total. The third-order valence-corrected chi connectivity index (χ3v) is 2.19. The van der Waals surface area contributed by atoms with Gasteiger partial charge in [0.1, 0.15) is 5.82 Å². The second-order valence-electron chi connectivity index (χ2n) is 3.66. The highest BCUT2D eigenvalue weighted by Crippen LogP contribution is 2.02. The molecule has 4 heteroatoms. The van der Waals surface area contributed by atoms with Gasteiger partial charge in [0.05, 0.1) is 0 Å². The zero-order valence-corrected chi connectivity index (χ0v) is 9.03. The van der Waals surface area contributed by atoms with Gasteiger partial charge in [0, 0.05) is 31.9 Å². The number of rotatable bonds is 6. The quantitative estimate of drug-likeness (QED) is 0.722. The van der Waals surface area contributed by atoms with Crippen LogP contribution < -0.4 is 11.1 Å². The van der Waals surface area contributed by atoms with Crippen LogP contribution in [-0.2, 0) is 7.05 Å². The Morgan fingerprint density at radius 1 is 1.64 bits per heavy atom. The molecule has 0 spiro atoms. The van der Waals surface area contributed by atoms with Gasteiger partial charge in [-0.15, -0.1) is 0 Å². The Labute approximate surface area is 85.5 Å². The average Bonchev–Trinajstić information content (AvgIpc) is 2.58. The fraction of sp³-hybridized carbons (Fsp3) is 0.700. The summed E-state index contributed by atoms with van der Waals surface area (Å²) < 4.78 is 1.78. The van der Waals surface area contributed by atoms with Crippen LogP contribution in [-0.4, -0.2) is 22.4 Å². The number of nitrogens with zero attached hydrogens (tertiary/aromatic N) is 2. The summed E-state index contributed by atoms with van der Waals surface area (Å²) in [7, 11) is 1.90. The maximum absolute atomic E-state index is 5.92. The zero-order valence-electron chi connectivity index (χ0n) is 9.03. The summed E-state index contributed by atoms with van der Waals surface area (Å²) in [4.78, 5) is 0. The fourth-order valence-corrected chi connectivity index (χ4v) is 1.31. The van der Waals surface area contributed by atoms with Crippen LogP contribution >= 0.6 is 0 Å². The van der Waals surface area contributed by atoms with Gasteiger partial charge in [-0.1, -0.05) is 19.8 Å². The number of nitrogens with two attached hydrogens (primary N) is 1. The maximum atomic E-state index is 5.92. The van der Waals surface area contributed by atoms with Gasteiger partial charge in [-0.2, -0.15) is 5.10 Å². The largest absolute Gasteiger partial charge is 0.367 e. The van der Waals surface area contributed by atoms with Crippen LogP contribution in [0.4, 0.5) is 5.82 Å². The molecule has 1 atom stereocenters. The highest BCUT2D eigenvalue weighted by molar-refractivity contribution is 5.32. The summed E-state index contributed by atoms with van der Waals surface area (Å²) in [6, 6.07) is 2.18. The first-order valence-corrected chi connectivity index (χ1v) is 5.21. The van der Waals surface area contributed by atoms with Gasteiger partial charge in [0.25, 0.3) is 0 Å². The normalized spacial score (nSPS) is 12.8. The van der Waals surface area contributed by atoms with Gasteiger partial charge in [0.15, 0.2) is 0 Å². The molecule has 14 heavy (non-hydrogen) atoms. The minimum Gasteiger partial charge on any atom is -0.367 e. The maximum Gasteiger partial charge on any atom is 0.148 e. The summed E-state index contributed by atoms with van der Waals surface area (Å²) in [5.41, 5.74) is 5.92. The number of anilines is 1. The molecular formula is C10H20N4. The van der Waals surface area contributed by atoms with E-state index >= 15 is 0 Å². The second kappa shape index (κ2) is 5.65. The molecule has 0 fully saturated rings. The van der Waals surface area contributed by atoms with Crippen molar-refractivity contribution in [2.75, 3.05) is 11.9 Å². The Morgan fingerprint density at radius 2 is 2.43 bits per heavy atom. The van der Waals surface area contributed by atoms with E-state index in [4.69, 9.17) is 5.73 Å². The van der Waals surface area contributed by atoms with Crippen LogP contribution in [0.1, 0.15) is 26.2 Å². The number of hydrogen-bond donors (Lipinski definition) is 2. The molecule has 3 N–H and O–H groups in total. The first-order valence-electron chi connectivity index (χ1n) is 5.21. The van der Waals surface area contributed by atoms with E-state index in [9.17, 15) is 0 Å². The molecule has 1 unspecified atom stereocenters. The number of unbranched alkanes of at least 4 members (excludes halogenated alkanes) is 1. The van der Waals surface area contributed by atoms with Crippen molar-refractivity contribution >= 4 is 5.82 Å². The van der Waals surface area contributed by atoms with E-state index in [0.717, 1.165) is 18.8 Å². The highest BCUT2D eigenvalue weighted by Gasteiger charge is 2.02. The van der Waals surface area contributed by atoms with Gasteiger partial charge < -0.3 is 11.1 Å². The number of aromatic nitrogens is 2.